The molecule has 0 heterocycles. The van der Waals surface area contributed by atoms with Crippen molar-refractivity contribution in [1.29, 1.82) is 0 Å². The summed E-state index contributed by atoms with van der Waals surface area (Å²) in [6.45, 7) is 25.5. The Bertz CT molecular complexity index is 1060. The summed E-state index contributed by atoms with van der Waals surface area (Å²) in [6.07, 6.45) is 0.697. The van der Waals surface area contributed by atoms with E-state index in [1.165, 1.54) is 5.19 Å². The molecule has 2 rings (SSSR count). The first-order valence-corrected chi connectivity index (χ1v) is 17.1. The fourth-order valence-electron chi connectivity index (χ4n) is 5.69. The molecule has 37 heavy (non-hydrogen) atoms. The first-order valence-electron chi connectivity index (χ1n) is 14.0. The van der Waals surface area contributed by atoms with E-state index in [-0.39, 0.29) is 41.5 Å². The Morgan fingerprint density at radius 1 is 0.676 bits per heavy atom. The van der Waals surface area contributed by atoms with E-state index in [0.29, 0.717) is 17.5 Å². The highest BCUT2D eigenvalue weighted by molar-refractivity contribution is 6.90. The van der Waals surface area contributed by atoms with Crippen molar-refractivity contribution in [2.24, 2.45) is 0 Å². The van der Waals surface area contributed by atoms with Crippen molar-refractivity contribution in [3.8, 4) is 0 Å². The zero-order valence-corrected chi connectivity index (χ0v) is 26.3. The minimum absolute atomic E-state index is 0.0227. The molecule has 0 aliphatic carbocycles. The molecule has 2 aromatic rings. The van der Waals surface area contributed by atoms with E-state index >= 15 is 0 Å². The predicted octanol–water partition coefficient (Wildman–Crippen LogP) is 7.03. The molecule has 0 fully saturated rings. The van der Waals surface area contributed by atoms with Crippen molar-refractivity contribution in [3.63, 3.8) is 0 Å². The van der Waals surface area contributed by atoms with Crippen LogP contribution in [0.25, 0.3) is 0 Å². The van der Waals surface area contributed by atoms with Gasteiger partial charge in [0, 0.05) is 24.2 Å². The summed E-state index contributed by atoms with van der Waals surface area (Å²) < 4.78 is 0. The predicted molar refractivity (Wildman–Crippen MR) is 161 cm³/mol. The maximum absolute atomic E-state index is 14.5. The number of nitrogens with zero attached hydrogens (tertiary/aromatic N) is 2. The van der Waals surface area contributed by atoms with Crippen LogP contribution >= 0.6 is 0 Å². The molecule has 5 heteroatoms. The van der Waals surface area contributed by atoms with E-state index in [1.54, 1.807) is 0 Å². The van der Waals surface area contributed by atoms with Crippen molar-refractivity contribution in [1.82, 2.24) is 9.80 Å². The van der Waals surface area contributed by atoms with Crippen LogP contribution in [0.3, 0.4) is 0 Å². The molecule has 204 valence electrons. The molecule has 0 bridgehead atoms. The number of hydrogen-bond donors (Lipinski definition) is 0. The number of amides is 2. The van der Waals surface area contributed by atoms with Gasteiger partial charge in [-0.05, 0) is 78.5 Å². The van der Waals surface area contributed by atoms with Gasteiger partial charge in [0.1, 0.15) is 0 Å². The molecule has 0 aliphatic rings. The summed E-state index contributed by atoms with van der Waals surface area (Å²) in [7, 11) is -2.04. The van der Waals surface area contributed by atoms with Gasteiger partial charge >= 0.3 is 0 Å². The molecule has 2 aromatic carbocycles. The molecular weight excluding hydrogens is 472 g/mol. The Kier molecular flexibility index (Phi) is 10.4. The second-order valence-corrected chi connectivity index (χ2v) is 16.9. The van der Waals surface area contributed by atoms with Gasteiger partial charge in [-0.2, -0.15) is 0 Å². The zero-order valence-electron chi connectivity index (χ0n) is 25.3. The van der Waals surface area contributed by atoms with E-state index < -0.39 is 8.07 Å². The molecule has 4 nitrogen and oxygen atoms in total. The molecule has 0 aromatic heterocycles. The SMILES string of the molecule is CCc1ccc([C@H](C)[Si](C)(C)c2ccccc2)c(C(=O)N(C(C)C)C(C)C)c1C(=O)N(C(C)C)C(C)C. The van der Waals surface area contributed by atoms with Gasteiger partial charge in [0.2, 0.25) is 0 Å². The van der Waals surface area contributed by atoms with Crippen molar-refractivity contribution < 1.29 is 9.59 Å². The Morgan fingerprint density at radius 2 is 1.11 bits per heavy atom. The summed E-state index contributed by atoms with van der Waals surface area (Å²) in [5.41, 5.74) is 3.30. The number of benzene rings is 2. The Hall–Kier alpha value is -2.40. The Balaban J connectivity index is 2.95. The molecule has 0 radical (unpaired) electrons. The number of hydrogen-bond acceptors (Lipinski definition) is 2. The van der Waals surface area contributed by atoms with Crippen molar-refractivity contribution in [2.75, 3.05) is 0 Å². The second kappa shape index (κ2) is 12.4. The molecule has 0 saturated carbocycles. The van der Waals surface area contributed by atoms with Gasteiger partial charge in [-0.1, -0.05) is 74.6 Å². The minimum atomic E-state index is -2.04. The van der Waals surface area contributed by atoms with E-state index in [1.807, 2.05) is 9.80 Å². The second-order valence-electron chi connectivity index (χ2n) is 12.0. The number of carbonyl (C=O) groups excluding carboxylic acids is 2. The van der Waals surface area contributed by atoms with Crippen LogP contribution in [-0.4, -0.2) is 53.9 Å². The fourth-order valence-corrected chi connectivity index (χ4v) is 8.26. The molecule has 0 aliphatic heterocycles. The average molecular weight is 523 g/mol. The monoisotopic (exact) mass is 522 g/mol. The zero-order chi connectivity index (χ0) is 28.2. The maximum atomic E-state index is 14.5. The van der Waals surface area contributed by atoms with Gasteiger partial charge in [-0.25, -0.2) is 0 Å². The van der Waals surface area contributed by atoms with Gasteiger partial charge in [0.15, 0.2) is 0 Å². The summed E-state index contributed by atoms with van der Waals surface area (Å²) in [5.74, 6) is -0.0679. The number of rotatable bonds is 10. The topological polar surface area (TPSA) is 40.6 Å². The molecule has 0 spiro atoms. The lowest BCUT2D eigenvalue weighted by atomic mass is 9.90. The first kappa shape index (κ1) is 30.8. The highest BCUT2D eigenvalue weighted by Gasteiger charge is 2.38. The summed E-state index contributed by atoms with van der Waals surface area (Å²) in [6, 6.07) is 15.0. The standard InChI is InChI=1S/C32H50N2O2Si/c1-13-26-19-20-28(25(10)37(11,12)27-17-15-14-16-18-27)30(32(36)34(23(6)7)24(8)9)29(26)31(35)33(21(2)3)22(4)5/h14-25H,13H2,1-12H3/t25-/m0/s1. The fraction of sp³-hybridized carbons (Fsp3) is 0.562. The third-order valence-electron chi connectivity index (χ3n) is 7.89. The number of carbonyl (C=O) groups is 2. The van der Waals surface area contributed by atoms with Crippen LogP contribution in [0.15, 0.2) is 42.5 Å². The highest BCUT2D eigenvalue weighted by Crippen LogP contribution is 2.35. The average Bonchev–Trinajstić information content (AvgIpc) is 2.82. The summed E-state index contributed by atoms with van der Waals surface area (Å²) in [5, 5.41) is 1.35. The minimum Gasteiger partial charge on any atom is -0.334 e. The number of aryl methyl sites for hydroxylation is 1. The third kappa shape index (κ3) is 6.36. The Morgan fingerprint density at radius 3 is 1.51 bits per heavy atom. The van der Waals surface area contributed by atoms with Gasteiger partial charge in [-0.15, -0.1) is 0 Å². The highest BCUT2D eigenvalue weighted by atomic mass is 28.3. The molecule has 2 amide bonds. The van der Waals surface area contributed by atoms with Gasteiger partial charge < -0.3 is 9.80 Å². The van der Waals surface area contributed by atoms with Crippen molar-refractivity contribution >= 4 is 25.1 Å². The molecule has 1 atom stereocenters. The van der Waals surface area contributed by atoms with Crippen molar-refractivity contribution in [3.05, 3.63) is 64.7 Å². The summed E-state index contributed by atoms with van der Waals surface area (Å²) >= 11 is 0. The normalized spacial score (nSPS) is 13.0. The lowest BCUT2D eigenvalue weighted by Crippen LogP contribution is -2.49. The van der Waals surface area contributed by atoms with Crippen LogP contribution in [0.4, 0.5) is 0 Å². The van der Waals surface area contributed by atoms with Crippen LogP contribution in [0.2, 0.25) is 13.1 Å². The van der Waals surface area contributed by atoms with Crippen LogP contribution < -0.4 is 5.19 Å². The quantitative estimate of drug-likeness (QED) is 0.314. The lowest BCUT2D eigenvalue weighted by molar-refractivity contribution is 0.0598. The van der Waals surface area contributed by atoms with Crippen LogP contribution in [0, 0.1) is 0 Å². The van der Waals surface area contributed by atoms with E-state index in [9.17, 15) is 9.59 Å². The van der Waals surface area contributed by atoms with E-state index in [2.05, 4.69) is 125 Å². The third-order valence-corrected chi connectivity index (χ3v) is 12.2. The molecule has 0 unspecified atom stereocenters. The maximum Gasteiger partial charge on any atom is 0.255 e. The van der Waals surface area contributed by atoms with Crippen LogP contribution in [0.1, 0.15) is 107 Å². The summed E-state index contributed by atoms with van der Waals surface area (Å²) in [4.78, 5) is 32.8. The first-order chi connectivity index (χ1) is 17.2. The Labute approximate surface area is 227 Å². The lowest BCUT2D eigenvalue weighted by Gasteiger charge is -2.37. The van der Waals surface area contributed by atoms with Crippen molar-refractivity contribution in [2.45, 2.75) is 118 Å². The molecule has 0 N–H and O–H groups in total. The molecular formula is C32H50N2O2Si. The van der Waals surface area contributed by atoms with Crippen LogP contribution in [0.5, 0.6) is 0 Å². The smallest absolute Gasteiger partial charge is 0.255 e. The van der Waals surface area contributed by atoms with Gasteiger partial charge in [0.05, 0.1) is 19.2 Å². The van der Waals surface area contributed by atoms with Gasteiger partial charge in [-0.3, -0.25) is 9.59 Å². The van der Waals surface area contributed by atoms with E-state index in [4.69, 9.17) is 0 Å². The largest absolute Gasteiger partial charge is 0.334 e. The van der Waals surface area contributed by atoms with E-state index in [0.717, 1.165) is 11.1 Å². The van der Waals surface area contributed by atoms with Gasteiger partial charge in [0.25, 0.3) is 11.8 Å². The molecule has 0 saturated heterocycles. The van der Waals surface area contributed by atoms with Crippen LogP contribution in [-0.2, 0) is 6.42 Å².